The average Bonchev–Trinajstić information content (AvgIpc) is 3.09. The maximum Gasteiger partial charge on any atom is 0.341 e. The van der Waals surface area contributed by atoms with E-state index in [0.717, 1.165) is 36.5 Å². The zero-order chi connectivity index (χ0) is 22.6. The van der Waals surface area contributed by atoms with E-state index in [4.69, 9.17) is 16.3 Å². The summed E-state index contributed by atoms with van der Waals surface area (Å²) in [5, 5.41) is 3.59. The van der Waals surface area contributed by atoms with Crippen molar-refractivity contribution < 1.29 is 22.7 Å². The molecule has 0 saturated heterocycles. The second-order valence-electron chi connectivity index (χ2n) is 7.30. The van der Waals surface area contributed by atoms with Gasteiger partial charge in [0.15, 0.2) is 9.84 Å². The summed E-state index contributed by atoms with van der Waals surface area (Å²) in [6.45, 7) is 4.65. The van der Waals surface area contributed by atoms with Crippen molar-refractivity contribution in [3.63, 3.8) is 0 Å². The Morgan fingerprint density at radius 1 is 1.26 bits per heavy atom. The fourth-order valence-corrected chi connectivity index (χ4v) is 6.21. The van der Waals surface area contributed by atoms with Crippen molar-refractivity contribution in [2.75, 3.05) is 31.3 Å². The van der Waals surface area contributed by atoms with Crippen LogP contribution in [0.1, 0.15) is 40.6 Å². The molecule has 0 aliphatic carbocycles. The maximum atomic E-state index is 12.5. The van der Waals surface area contributed by atoms with Gasteiger partial charge in [-0.1, -0.05) is 18.5 Å². The molecule has 0 atom stereocenters. The Kier molecular flexibility index (Phi) is 7.74. The fourth-order valence-electron chi connectivity index (χ4n) is 3.55. The molecule has 0 unspecified atom stereocenters. The van der Waals surface area contributed by atoms with Crippen molar-refractivity contribution in [3.8, 4) is 0 Å². The van der Waals surface area contributed by atoms with Crippen molar-refractivity contribution in [1.29, 1.82) is 0 Å². The molecule has 7 nitrogen and oxygen atoms in total. The summed E-state index contributed by atoms with van der Waals surface area (Å²) >= 11 is 7.16. The number of anilines is 1. The van der Waals surface area contributed by atoms with Crippen molar-refractivity contribution in [2.24, 2.45) is 0 Å². The molecule has 3 rings (SSSR count). The number of esters is 1. The Bertz CT molecular complexity index is 1060. The van der Waals surface area contributed by atoms with E-state index in [9.17, 15) is 18.0 Å². The van der Waals surface area contributed by atoms with E-state index in [0.29, 0.717) is 22.0 Å². The lowest BCUT2D eigenvalue weighted by atomic mass is 10.0. The van der Waals surface area contributed by atoms with Crippen LogP contribution in [0.4, 0.5) is 5.00 Å². The number of fused-ring (bicyclic) bond motifs is 1. The number of rotatable bonds is 8. The number of ether oxygens (including phenoxy) is 1. The molecule has 0 radical (unpaired) electrons. The van der Waals surface area contributed by atoms with Crippen LogP contribution in [-0.2, 0) is 32.3 Å². The summed E-state index contributed by atoms with van der Waals surface area (Å²) in [4.78, 5) is 28.4. The summed E-state index contributed by atoms with van der Waals surface area (Å²) in [6, 6.07) is 5.82. The van der Waals surface area contributed by atoms with Crippen LogP contribution < -0.4 is 5.32 Å². The minimum Gasteiger partial charge on any atom is -0.465 e. The molecule has 1 aliphatic rings. The quantitative estimate of drug-likeness (QED) is 0.573. The first-order valence-electron chi connectivity index (χ1n) is 9.98. The largest absolute Gasteiger partial charge is 0.465 e. The Morgan fingerprint density at radius 3 is 2.61 bits per heavy atom. The van der Waals surface area contributed by atoms with Crippen LogP contribution in [0.3, 0.4) is 0 Å². The van der Waals surface area contributed by atoms with Gasteiger partial charge >= 0.3 is 5.97 Å². The van der Waals surface area contributed by atoms with Gasteiger partial charge in [0.1, 0.15) is 5.00 Å². The third-order valence-corrected chi connectivity index (χ3v) is 8.21. The third kappa shape index (κ3) is 5.65. The number of amides is 1. The van der Waals surface area contributed by atoms with Gasteiger partial charge in [0.05, 0.1) is 23.3 Å². The number of hydrogen-bond donors (Lipinski definition) is 1. The van der Waals surface area contributed by atoms with E-state index >= 15 is 0 Å². The standard InChI is InChI=1S/C21H25ClN2O5S2/c1-3-10-24-11-8-16-17(13-24)30-20(19(16)21(26)29-2)23-18(25)9-12-31(27,28)15-6-4-14(22)5-7-15/h4-7H,3,8-13H2,1-2H3,(H,23,25). The van der Waals surface area contributed by atoms with Crippen LogP contribution in [-0.4, -0.2) is 51.1 Å². The Labute approximate surface area is 191 Å². The van der Waals surface area contributed by atoms with Gasteiger partial charge in [-0.15, -0.1) is 11.3 Å². The van der Waals surface area contributed by atoms with Crippen LogP contribution in [0.5, 0.6) is 0 Å². The van der Waals surface area contributed by atoms with Gasteiger partial charge in [0.25, 0.3) is 0 Å². The molecule has 1 aromatic heterocycles. The smallest absolute Gasteiger partial charge is 0.341 e. The molecule has 168 valence electrons. The van der Waals surface area contributed by atoms with E-state index in [1.165, 1.54) is 42.7 Å². The monoisotopic (exact) mass is 484 g/mol. The highest BCUT2D eigenvalue weighted by molar-refractivity contribution is 7.91. The number of carbonyl (C=O) groups is 2. The lowest BCUT2D eigenvalue weighted by molar-refractivity contribution is -0.115. The number of halogens is 1. The minimum atomic E-state index is -3.63. The van der Waals surface area contributed by atoms with Crippen LogP contribution >= 0.6 is 22.9 Å². The number of benzene rings is 1. The van der Waals surface area contributed by atoms with Gasteiger partial charge < -0.3 is 10.1 Å². The number of carbonyl (C=O) groups excluding carboxylic acids is 2. The van der Waals surface area contributed by atoms with E-state index < -0.39 is 21.7 Å². The molecule has 1 N–H and O–H groups in total. The molecule has 10 heteroatoms. The number of sulfone groups is 1. The summed E-state index contributed by atoms with van der Waals surface area (Å²) in [5.74, 6) is -1.30. The molecule has 2 aromatic rings. The van der Waals surface area contributed by atoms with Gasteiger partial charge in [0.2, 0.25) is 5.91 Å². The normalized spacial score (nSPS) is 14.2. The van der Waals surface area contributed by atoms with Gasteiger partial charge in [-0.3, -0.25) is 9.69 Å². The first kappa shape index (κ1) is 23.7. The summed E-state index contributed by atoms with van der Waals surface area (Å²) in [7, 11) is -2.32. The van der Waals surface area contributed by atoms with Crippen LogP contribution in [0.2, 0.25) is 5.02 Å². The van der Waals surface area contributed by atoms with Crippen molar-refractivity contribution in [2.45, 2.75) is 37.6 Å². The maximum absolute atomic E-state index is 12.5. The number of nitrogens with one attached hydrogen (secondary N) is 1. The van der Waals surface area contributed by atoms with E-state index in [1.54, 1.807) is 0 Å². The number of thiophene rings is 1. The molecular weight excluding hydrogens is 460 g/mol. The summed E-state index contributed by atoms with van der Waals surface area (Å²) < 4.78 is 29.9. The Balaban J connectivity index is 1.73. The zero-order valence-corrected chi connectivity index (χ0v) is 19.8. The Morgan fingerprint density at radius 2 is 1.97 bits per heavy atom. The number of hydrogen-bond acceptors (Lipinski definition) is 7. The number of methoxy groups -OCH3 is 1. The predicted molar refractivity (Wildman–Crippen MR) is 122 cm³/mol. The molecule has 2 heterocycles. The molecule has 0 bridgehead atoms. The minimum absolute atomic E-state index is 0.113. The molecular formula is C21H25ClN2O5S2. The van der Waals surface area contributed by atoms with Crippen molar-refractivity contribution in [3.05, 3.63) is 45.3 Å². The highest BCUT2D eigenvalue weighted by Gasteiger charge is 2.29. The van der Waals surface area contributed by atoms with E-state index in [2.05, 4.69) is 17.1 Å². The van der Waals surface area contributed by atoms with Crippen LogP contribution in [0.25, 0.3) is 0 Å². The van der Waals surface area contributed by atoms with Gasteiger partial charge in [-0.2, -0.15) is 0 Å². The van der Waals surface area contributed by atoms with Crippen molar-refractivity contribution >= 4 is 49.7 Å². The van der Waals surface area contributed by atoms with Gasteiger partial charge in [-0.25, -0.2) is 13.2 Å². The lowest BCUT2D eigenvalue weighted by Gasteiger charge is -2.26. The SMILES string of the molecule is CCCN1CCc2c(sc(NC(=O)CCS(=O)(=O)c3ccc(Cl)cc3)c2C(=O)OC)C1. The summed E-state index contributed by atoms with van der Waals surface area (Å²) in [5.41, 5.74) is 1.29. The third-order valence-electron chi connectivity index (χ3n) is 5.09. The first-order chi connectivity index (χ1) is 14.7. The number of nitrogens with zero attached hydrogens (tertiary/aromatic N) is 1. The second-order valence-corrected chi connectivity index (χ2v) is 10.9. The van der Waals surface area contributed by atoms with Crippen molar-refractivity contribution in [1.82, 2.24) is 4.90 Å². The molecule has 31 heavy (non-hydrogen) atoms. The highest BCUT2D eigenvalue weighted by Crippen LogP contribution is 2.37. The molecule has 0 fully saturated rings. The lowest BCUT2D eigenvalue weighted by Crippen LogP contribution is -2.30. The van der Waals surface area contributed by atoms with Gasteiger partial charge in [-0.05, 0) is 49.2 Å². The molecule has 1 amide bonds. The molecule has 0 spiro atoms. The summed E-state index contributed by atoms with van der Waals surface area (Å²) in [6.07, 6.45) is 1.52. The molecule has 0 saturated carbocycles. The Hall–Kier alpha value is -1.94. The topological polar surface area (TPSA) is 92.8 Å². The fraction of sp³-hybridized carbons (Fsp3) is 0.429. The van der Waals surface area contributed by atoms with Crippen LogP contribution in [0, 0.1) is 0 Å². The molecule has 1 aliphatic heterocycles. The predicted octanol–water partition coefficient (Wildman–Crippen LogP) is 3.76. The van der Waals surface area contributed by atoms with Crippen LogP contribution in [0.15, 0.2) is 29.2 Å². The van der Waals surface area contributed by atoms with E-state index in [-0.39, 0.29) is 17.1 Å². The average molecular weight is 485 g/mol. The highest BCUT2D eigenvalue weighted by atomic mass is 35.5. The van der Waals surface area contributed by atoms with E-state index in [1.807, 2.05) is 0 Å². The first-order valence-corrected chi connectivity index (χ1v) is 12.8. The molecule has 1 aromatic carbocycles. The zero-order valence-electron chi connectivity index (χ0n) is 17.4. The van der Waals surface area contributed by atoms with Gasteiger partial charge in [0, 0.05) is 29.4 Å². The second kappa shape index (κ2) is 10.1.